The molecule has 1 aromatic heterocycles. The van der Waals surface area contributed by atoms with Gasteiger partial charge < -0.3 is 19.6 Å². The number of nitrogens with zero attached hydrogens (tertiary/aromatic N) is 7. The maximum atomic E-state index is 14.2. The number of likely N-dealkylation sites (N-methyl/N-ethyl adjacent to an activating group) is 1. The molecular weight excluding hydrogens is 509 g/mol. The summed E-state index contributed by atoms with van der Waals surface area (Å²) in [6.45, 7) is 7.42. The molecule has 0 spiro atoms. The van der Waals surface area contributed by atoms with Gasteiger partial charge in [-0.05, 0) is 18.2 Å². The average molecular weight is 540 g/mol. The highest BCUT2D eigenvalue weighted by Crippen LogP contribution is 2.37. The van der Waals surface area contributed by atoms with Crippen LogP contribution in [0.3, 0.4) is 0 Å². The van der Waals surface area contributed by atoms with E-state index in [-0.39, 0.29) is 29.1 Å². The van der Waals surface area contributed by atoms with Crippen LogP contribution in [0.1, 0.15) is 11.1 Å². The fraction of sp³-hybridized carbons (Fsp3) is 0.407. The molecule has 0 bridgehead atoms. The average Bonchev–Trinajstić information content (AvgIpc) is 2.94. The summed E-state index contributed by atoms with van der Waals surface area (Å²) in [6, 6.07) is 11.9. The first-order valence-electron chi connectivity index (χ1n) is 12.7. The summed E-state index contributed by atoms with van der Waals surface area (Å²) in [6.07, 6.45) is 1.09. The van der Waals surface area contributed by atoms with Crippen molar-refractivity contribution >= 4 is 23.4 Å². The molecule has 0 saturated carbocycles. The number of anilines is 1. The zero-order chi connectivity index (χ0) is 26.5. The molecule has 0 unspecified atom stereocenters. The van der Waals surface area contributed by atoms with Crippen molar-refractivity contribution in [3.63, 3.8) is 0 Å². The van der Waals surface area contributed by atoms with Gasteiger partial charge >= 0.3 is 0 Å². The fourth-order valence-electron chi connectivity index (χ4n) is 4.58. The fourth-order valence-corrected chi connectivity index (χ4v) is 4.87. The number of phenols is 1. The number of ether oxygens (including phenoxy) is 1. The number of phenolic OH excluding ortho intramolecular Hbond substituents is 1. The van der Waals surface area contributed by atoms with Crippen LogP contribution in [-0.2, 0) is 17.8 Å². The van der Waals surface area contributed by atoms with Gasteiger partial charge in [-0.25, -0.2) is 9.37 Å². The summed E-state index contributed by atoms with van der Waals surface area (Å²) in [5.74, 6) is -0.328. The van der Waals surface area contributed by atoms with Crippen molar-refractivity contribution in [2.45, 2.75) is 13.1 Å². The maximum absolute atomic E-state index is 14.2. The maximum Gasteiger partial charge on any atom is 0.270 e. The van der Waals surface area contributed by atoms with Gasteiger partial charge in [-0.1, -0.05) is 48.0 Å². The molecule has 2 aromatic carbocycles. The van der Waals surface area contributed by atoms with Gasteiger partial charge in [0.25, 0.3) is 5.95 Å². The summed E-state index contributed by atoms with van der Waals surface area (Å²) in [5, 5.41) is 19.1. The summed E-state index contributed by atoms with van der Waals surface area (Å²) < 4.78 is 19.5. The first-order chi connectivity index (χ1) is 18.5. The number of halogens is 2. The second-order valence-electron chi connectivity index (χ2n) is 9.55. The van der Waals surface area contributed by atoms with Crippen molar-refractivity contribution < 1.29 is 14.2 Å². The molecule has 0 aliphatic carbocycles. The molecule has 2 aliphatic heterocycles. The monoisotopic (exact) mass is 539 g/mol. The predicted octanol–water partition coefficient (Wildman–Crippen LogP) is 4.51. The van der Waals surface area contributed by atoms with Crippen LogP contribution >= 0.6 is 11.6 Å². The van der Waals surface area contributed by atoms with Crippen LogP contribution in [0.2, 0.25) is 5.02 Å². The second kappa shape index (κ2) is 12.1. The molecule has 0 radical (unpaired) electrons. The lowest BCUT2D eigenvalue weighted by atomic mass is 10.0. The van der Waals surface area contributed by atoms with E-state index in [2.05, 4.69) is 49.2 Å². The molecule has 11 heteroatoms. The number of hydrogen-bond acceptors (Lipinski definition) is 9. The Morgan fingerprint density at radius 1 is 1.03 bits per heavy atom. The SMILES string of the molecule is CN1CCN(Cc2ccc(-c3ccc(CN=Nc4ncc(F)c(N5CCOCC5)n4)c(O)c3Cl)cc2)CC1. The van der Waals surface area contributed by atoms with Gasteiger partial charge in [-0.15, -0.1) is 5.11 Å². The second-order valence-corrected chi connectivity index (χ2v) is 9.93. The van der Waals surface area contributed by atoms with Crippen LogP contribution in [0.4, 0.5) is 16.2 Å². The number of morpholine rings is 1. The Morgan fingerprint density at radius 3 is 2.50 bits per heavy atom. The van der Waals surface area contributed by atoms with Gasteiger partial charge in [-0.3, -0.25) is 4.90 Å². The molecular formula is C27H31ClFN7O2. The number of aromatic nitrogens is 2. The molecule has 9 nitrogen and oxygen atoms in total. The molecule has 3 aromatic rings. The highest BCUT2D eigenvalue weighted by Gasteiger charge is 2.18. The molecule has 3 heterocycles. The number of azo groups is 1. The van der Waals surface area contributed by atoms with E-state index in [9.17, 15) is 9.50 Å². The Morgan fingerprint density at radius 2 is 1.76 bits per heavy atom. The van der Waals surface area contributed by atoms with E-state index in [4.69, 9.17) is 16.3 Å². The molecule has 38 heavy (non-hydrogen) atoms. The Kier molecular flexibility index (Phi) is 8.43. The quantitative estimate of drug-likeness (QED) is 0.442. The van der Waals surface area contributed by atoms with Crippen molar-refractivity contribution in [3.05, 3.63) is 64.6 Å². The normalized spacial score (nSPS) is 17.4. The minimum atomic E-state index is -0.516. The first kappa shape index (κ1) is 26.4. The number of piperazine rings is 1. The minimum absolute atomic E-state index is 0.0429. The van der Waals surface area contributed by atoms with Crippen molar-refractivity contribution in [3.8, 4) is 16.9 Å². The third-order valence-corrected chi connectivity index (χ3v) is 7.27. The van der Waals surface area contributed by atoms with Crippen LogP contribution < -0.4 is 4.90 Å². The molecule has 2 saturated heterocycles. The third-order valence-electron chi connectivity index (χ3n) is 6.89. The van der Waals surface area contributed by atoms with Crippen molar-refractivity contribution in [2.75, 3.05) is 64.4 Å². The Balaban J connectivity index is 1.24. The largest absolute Gasteiger partial charge is 0.506 e. The summed E-state index contributed by atoms with van der Waals surface area (Å²) in [5.41, 5.74) is 3.43. The Bertz CT molecular complexity index is 1280. The van der Waals surface area contributed by atoms with Gasteiger partial charge in [0.15, 0.2) is 11.6 Å². The number of hydrogen-bond donors (Lipinski definition) is 1. The van der Waals surface area contributed by atoms with E-state index in [0.29, 0.717) is 31.9 Å². The molecule has 2 fully saturated rings. The Labute approximate surface area is 226 Å². The van der Waals surface area contributed by atoms with Crippen LogP contribution in [0.15, 0.2) is 52.8 Å². The van der Waals surface area contributed by atoms with Crippen molar-refractivity contribution in [1.82, 2.24) is 19.8 Å². The predicted molar refractivity (Wildman–Crippen MR) is 145 cm³/mol. The van der Waals surface area contributed by atoms with Gasteiger partial charge in [0, 0.05) is 56.9 Å². The van der Waals surface area contributed by atoms with Gasteiger partial charge in [-0.2, -0.15) is 10.1 Å². The lowest BCUT2D eigenvalue weighted by molar-refractivity contribution is 0.122. The smallest absolute Gasteiger partial charge is 0.270 e. The number of rotatable bonds is 7. The summed E-state index contributed by atoms with van der Waals surface area (Å²) >= 11 is 6.54. The first-order valence-corrected chi connectivity index (χ1v) is 13.1. The minimum Gasteiger partial charge on any atom is -0.506 e. The molecule has 0 atom stereocenters. The van der Waals surface area contributed by atoms with E-state index in [1.807, 2.05) is 18.2 Å². The summed E-state index contributed by atoms with van der Waals surface area (Å²) in [7, 11) is 2.15. The molecule has 1 N–H and O–H groups in total. The van der Waals surface area contributed by atoms with Crippen LogP contribution in [0.5, 0.6) is 5.75 Å². The molecule has 5 rings (SSSR count). The Hall–Kier alpha value is -3.18. The lowest BCUT2D eigenvalue weighted by Crippen LogP contribution is -2.43. The van der Waals surface area contributed by atoms with Gasteiger partial charge in [0.1, 0.15) is 5.75 Å². The highest BCUT2D eigenvalue weighted by molar-refractivity contribution is 6.34. The van der Waals surface area contributed by atoms with E-state index >= 15 is 0 Å². The highest BCUT2D eigenvalue weighted by atomic mass is 35.5. The zero-order valence-corrected chi connectivity index (χ0v) is 22.1. The van der Waals surface area contributed by atoms with Gasteiger partial charge in [0.2, 0.25) is 0 Å². The van der Waals surface area contributed by atoms with Crippen LogP contribution in [-0.4, -0.2) is 84.4 Å². The van der Waals surface area contributed by atoms with Gasteiger partial charge in [0.05, 0.1) is 31.0 Å². The zero-order valence-electron chi connectivity index (χ0n) is 21.4. The molecule has 200 valence electrons. The number of aromatic hydroxyl groups is 1. The van der Waals surface area contributed by atoms with E-state index in [0.717, 1.165) is 50.0 Å². The summed E-state index contributed by atoms with van der Waals surface area (Å²) in [4.78, 5) is 14.7. The van der Waals surface area contributed by atoms with Crippen LogP contribution in [0.25, 0.3) is 11.1 Å². The number of benzene rings is 2. The molecule has 2 aliphatic rings. The topological polar surface area (TPSA) is 89.7 Å². The van der Waals surface area contributed by atoms with E-state index in [1.54, 1.807) is 11.0 Å². The van der Waals surface area contributed by atoms with Crippen molar-refractivity contribution in [2.24, 2.45) is 10.2 Å². The van der Waals surface area contributed by atoms with E-state index < -0.39 is 5.82 Å². The van der Waals surface area contributed by atoms with Crippen LogP contribution in [0, 0.1) is 5.82 Å². The lowest BCUT2D eigenvalue weighted by Gasteiger charge is -2.32. The standard InChI is InChI=1S/C27H31ClFN7O2/c1-34-8-10-35(11-9-34)18-19-2-4-20(5-3-19)22-7-6-21(25(37)24(22)28)16-31-33-27-30-17-23(29)26(32-27)36-12-14-38-15-13-36/h2-7,17,37H,8-16,18H2,1H3. The van der Waals surface area contributed by atoms with Crippen molar-refractivity contribution in [1.29, 1.82) is 0 Å². The third kappa shape index (κ3) is 6.27. The van der Waals surface area contributed by atoms with E-state index in [1.165, 1.54) is 5.56 Å². The molecule has 0 amide bonds.